The van der Waals surface area contributed by atoms with Crippen LogP contribution in [0.25, 0.3) is 5.32 Å². The zero-order valence-corrected chi connectivity index (χ0v) is 13.6. The van der Waals surface area contributed by atoms with Gasteiger partial charge in [0, 0.05) is 0 Å². The van der Waals surface area contributed by atoms with Gasteiger partial charge in [-0.3, -0.25) is 0 Å². The Kier molecular flexibility index (Phi) is 7.75. The van der Waals surface area contributed by atoms with Crippen LogP contribution in [-0.2, 0) is 0 Å². The van der Waals surface area contributed by atoms with E-state index < -0.39 is 0 Å². The van der Waals surface area contributed by atoms with Crippen LogP contribution in [0.5, 0.6) is 0 Å². The summed E-state index contributed by atoms with van der Waals surface area (Å²) in [6.45, 7) is 6.15. The number of hydrogen-bond donors (Lipinski definition) is 0. The van der Waals surface area contributed by atoms with Crippen LogP contribution in [0.3, 0.4) is 0 Å². The number of rotatable bonds is 2. The quantitative estimate of drug-likeness (QED) is 0.607. The van der Waals surface area contributed by atoms with Crippen LogP contribution in [0.2, 0.25) is 0 Å². The maximum absolute atomic E-state index is 4.31. The maximum atomic E-state index is 4.31. The first-order valence-corrected chi connectivity index (χ1v) is 4.48. The molecule has 1 nitrogen and oxygen atoms in total. The molecule has 1 aliphatic rings. The molecule has 0 amide bonds. The monoisotopic (exact) mass is 237 g/mol. The van der Waals surface area contributed by atoms with Gasteiger partial charge >= 0.3 is 58.2 Å². The van der Waals surface area contributed by atoms with E-state index >= 15 is 0 Å². The molecule has 0 aromatic carbocycles. The molecule has 1 fully saturated rings. The fourth-order valence-electron chi connectivity index (χ4n) is 1.83. The minimum atomic E-state index is 0. The van der Waals surface area contributed by atoms with Crippen molar-refractivity contribution in [2.75, 3.05) is 7.05 Å². The third-order valence-electron chi connectivity index (χ3n) is 2.76. The second-order valence-corrected chi connectivity index (χ2v) is 3.61. The van der Waals surface area contributed by atoms with Gasteiger partial charge in [-0.2, -0.15) is 7.05 Å². The zero-order chi connectivity index (χ0) is 8.27. The molecule has 64 valence electrons. The average molecular weight is 238 g/mol. The molecule has 0 saturated heterocycles. The van der Waals surface area contributed by atoms with Crippen LogP contribution in [0, 0.1) is 5.92 Å². The van der Waals surface area contributed by atoms with E-state index in [1.807, 2.05) is 7.05 Å². The minimum absolute atomic E-state index is 0. The molecule has 0 radical (unpaired) electrons. The van der Waals surface area contributed by atoms with Crippen LogP contribution in [-0.4, -0.2) is 13.1 Å². The van der Waals surface area contributed by atoms with Crippen LogP contribution >= 0.6 is 0 Å². The molecule has 0 N–H and O–H groups in total. The molecule has 1 aliphatic carbocycles. The minimum Gasteiger partial charge on any atom is -0.662 e. The fraction of sp³-hybridized carbons (Fsp3) is 0.800. The normalized spacial score (nSPS) is 29.2. The van der Waals surface area contributed by atoms with Crippen molar-refractivity contribution >= 4 is 0 Å². The zero-order valence-electron chi connectivity index (χ0n) is 8.64. The molecule has 1 rings (SSSR count). The van der Waals surface area contributed by atoms with E-state index in [-0.39, 0.29) is 58.2 Å². The van der Waals surface area contributed by atoms with E-state index in [1.54, 1.807) is 0 Å². The molecular weight excluding hydrogens is 220 g/mol. The fourth-order valence-corrected chi connectivity index (χ4v) is 1.83. The van der Waals surface area contributed by atoms with Crippen LogP contribution in [0.4, 0.5) is 0 Å². The Morgan fingerprint density at radius 1 is 1.25 bits per heavy atom. The standard InChI is InChI=1S/C10H18N.Rb/c1-8(2)9-4-6-10(11-3)7-5-9;/h9-10H,1,4-7H2,2-3H3;/q-1;+1. The molecule has 1 saturated carbocycles. The Hall–Kier alpha value is 1.51. The molecule has 0 spiro atoms. The molecule has 2 heteroatoms. The molecule has 0 atom stereocenters. The van der Waals surface area contributed by atoms with Gasteiger partial charge in [0.15, 0.2) is 0 Å². The number of allylic oxidation sites excluding steroid dienone is 1. The Morgan fingerprint density at radius 2 is 1.75 bits per heavy atom. The van der Waals surface area contributed by atoms with E-state index in [9.17, 15) is 0 Å². The van der Waals surface area contributed by atoms with Crippen LogP contribution in [0.15, 0.2) is 12.2 Å². The summed E-state index contributed by atoms with van der Waals surface area (Å²) in [7, 11) is 1.94. The van der Waals surface area contributed by atoms with Crippen molar-refractivity contribution in [2.45, 2.75) is 38.6 Å². The SMILES string of the molecule is C=C(C)C1CCC([N-]C)CC1.[Rb+]. The molecule has 0 aromatic rings. The molecule has 0 aromatic heterocycles. The van der Waals surface area contributed by atoms with Crippen molar-refractivity contribution in [2.24, 2.45) is 5.92 Å². The van der Waals surface area contributed by atoms with Gasteiger partial charge in [-0.05, 0) is 25.7 Å². The van der Waals surface area contributed by atoms with Gasteiger partial charge in [0.1, 0.15) is 0 Å². The van der Waals surface area contributed by atoms with Crippen molar-refractivity contribution < 1.29 is 58.2 Å². The van der Waals surface area contributed by atoms with Crippen molar-refractivity contribution in [1.82, 2.24) is 0 Å². The van der Waals surface area contributed by atoms with Gasteiger partial charge in [-0.25, -0.2) is 0 Å². The van der Waals surface area contributed by atoms with E-state index in [0.717, 1.165) is 5.92 Å². The molecule has 12 heavy (non-hydrogen) atoms. The third-order valence-corrected chi connectivity index (χ3v) is 2.76. The Balaban J connectivity index is 0.00000121. The summed E-state index contributed by atoms with van der Waals surface area (Å²) < 4.78 is 0. The number of nitrogens with zero attached hydrogens (tertiary/aromatic N) is 1. The van der Waals surface area contributed by atoms with E-state index in [4.69, 9.17) is 0 Å². The van der Waals surface area contributed by atoms with Crippen LogP contribution in [0.1, 0.15) is 32.6 Å². The summed E-state index contributed by atoms with van der Waals surface area (Å²) in [4.78, 5) is 0. The second-order valence-electron chi connectivity index (χ2n) is 3.61. The Labute approximate surface area is 125 Å². The molecule has 0 aliphatic heterocycles. The Bertz CT molecular complexity index is 137. The average Bonchev–Trinajstić information content (AvgIpc) is 2.05. The van der Waals surface area contributed by atoms with Gasteiger partial charge in [-0.1, -0.05) is 25.0 Å². The van der Waals surface area contributed by atoms with Gasteiger partial charge in [0.2, 0.25) is 0 Å². The molecular formula is C10H18NRb. The smallest absolute Gasteiger partial charge is 0.662 e. The third kappa shape index (κ3) is 4.14. The van der Waals surface area contributed by atoms with Crippen molar-refractivity contribution in [3.63, 3.8) is 0 Å². The van der Waals surface area contributed by atoms with Crippen molar-refractivity contribution in [3.8, 4) is 0 Å². The first kappa shape index (κ1) is 13.5. The van der Waals surface area contributed by atoms with Crippen LogP contribution < -0.4 is 58.2 Å². The molecule has 0 unspecified atom stereocenters. The predicted octanol–water partition coefficient (Wildman–Crippen LogP) is 0.129. The van der Waals surface area contributed by atoms with Gasteiger partial charge in [0.05, 0.1) is 0 Å². The summed E-state index contributed by atoms with van der Waals surface area (Å²) in [5, 5.41) is 4.31. The summed E-state index contributed by atoms with van der Waals surface area (Å²) in [5.41, 5.74) is 1.36. The molecule has 0 heterocycles. The summed E-state index contributed by atoms with van der Waals surface area (Å²) in [6.07, 6.45) is 5.15. The first-order valence-electron chi connectivity index (χ1n) is 4.48. The van der Waals surface area contributed by atoms with E-state index in [2.05, 4.69) is 18.8 Å². The molecule has 0 bridgehead atoms. The first-order chi connectivity index (χ1) is 5.24. The van der Waals surface area contributed by atoms with E-state index in [1.165, 1.54) is 31.3 Å². The summed E-state index contributed by atoms with van der Waals surface area (Å²) in [6, 6.07) is 0.644. The largest absolute Gasteiger partial charge is 1.00 e. The van der Waals surface area contributed by atoms with E-state index in [0.29, 0.717) is 6.04 Å². The van der Waals surface area contributed by atoms with Gasteiger partial charge < -0.3 is 5.32 Å². The topological polar surface area (TPSA) is 14.1 Å². The second kappa shape index (κ2) is 6.89. The maximum Gasteiger partial charge on any atom is 1.00 e. The van der Waals surface area contributed by atoms with Gasteiger partial charge in [0.25, 0.3) is 0 Å². The van der Waals surface area contributed by atoms with Crippen molar-refractivity contribution in [1.29, 1.82) is 0 Å². The van der Waals surface area contributed by atoms with Gasteiger partial charge in [-0.15, -0.1) is 6.04 Å². The van der Waals surface area contributed by atoms with Crippen molar-refractivity contribution in [3.05, 3.63) is 17.5 Å². The Morgan fingerprint density at radius 3 is 2.08 bits per heavy atom. The summed E-state index contributed by atoms with van der Waals surface area (Å²) in [5.74, 6) is 0.785. The number of hydrogen-bond acceptors (Lipinski definition) is 0. The predicted molar refractivity (Wildman–Crippen MR) is 49.8 cm³/mol. The summed E-state index contributed by atoms with van der Waals surface area (Å²) >= 11 is 0.